The van der Waals surface area contributed by atoms with E-state index in [4.69, 9.17) is 9.84 Å². The molecule has 2 heterocycles. The van der Waals surface area contributed by atoms with Crippen LogP contribution in [0.5, 0.6) is 0 Å². The average Bonchev–Trinajstić information content (AvgIpc) is 2.94. The van der Waals surface area contributed by atoms with Crippen LogP contribution in [-0.4, -0.2) is 44.8 Å². The van der Waals surface area contributed by atoms with Crippen molar-refractivity contribution in [3.05, 3.63) is 11.4 Å². The van der Waals surface area contributed by atoms with Crippen molar-refractivity contribution in [3.8, 4) is 0 Å². The van der Waals surface area contributed by atoms with Gasteiger partial charge >= 0.3 is 12.1 Å². The minimum atomic E-state index is -1.07. The molecule has 0 radical (unpaired) electrons. The first-order valence-corrected chi connectivity index (χ1v) is 5.76. The number of rotatable bonds is 4. The summed E-state index contributed by atoms with van der Waals surface area (Å²) in [4.78, 5) is 22.0. The number of nitrogens with zero attached hydrogens (tertiary/aromatic N) is 3. The zero-order valence-electron chi connectivity index (χ0n) is 9.50. The molecule has 2 N–H and O–H groups in total. The van der Waals surface area contributed by atoms with Crippen LogP contribution in [0, 0.1) is 0 Å². The van der Waals surface area contributed by atoms with Crippen LogP contribution >= 0.6 is 0 Å². The number of aromatic carboxylic acids is 1. The van der Waals surface area contributed by atoms with E-state index in [-0.39, 0.29) is 17.7 Å². The largest absolute Gasteiger partial charge is 0.476 e. The first kappa shape index (κ1) is 11.0. The standard InChI is InChI=1S/C10H12N4O4/c15-9(16)7-8(5-1-2-5)14(13-12-7)4-6-3-11-10(17)18-6/h5-6H,1-4H2,(H,11,17)(H,15,16). The predicted octanol–water partition coefficient (Wildman–Crippen LogP) is -0.0379. The van der Waals surface area contributed by atoms with E-state index in [1.54, 1.807) is 4.68 Å². The van der Waals surface area contributed by atoms with Crippen molar-refractivity contribution in [1.82, 2.24) is 20.3 Å². The van der Waals surface area contributed by atoms with Crippen molar-refractivity contribution < 1.29 is 19.4 Å². The lowest BCUT2D eigenvalue weighted by Gasteiger charge is -2.10. The predicted molar refractivity (Wildman–Crippen MR) is 57.2 cm³/mol. The molecule has 8 heteroatoms. The molecule has 2 fully saturated rings. The molecule has 0 bridgehead atoms. The van der Waals surface area contributed by atoms with Crippen LogP contribution in [0.3, 0.4) is 0 Å². The van der Waals surface area contributed by atoms with Crippen LogP contribution < -0.4 is 5.32 Å². The number of alkyl carbamates (subject to hydrolysis) is 1. The summed E-state index contributed by atoms with van der Waals surface area (Å²) in [6, 6.07) is 0. The second-order valence-electron chi connectivity index (χ2n) is 4.49. The lowest BCUT2D eigenvalue weighted by atomic mass is 10.2. The van der Waals surface area contributed by atoms with Crippen molar-refractivity contribution in [1.29, 1.82) is 0 Å². The molecule has 1 aromatic heterocycles. The first-order valence-electron chi connectivity index (χ1n) is 5.76. The SMILES string of the molecule is O=C1NCC(Cn2nnc(C(=O)O)c2C2CC2)O1. The lowest BCUT2D eigenvalue weighted by molar-refractivity contribution is 0.0688. The van der Waals surface area contributed by atoms with Crippen LogP contribution in [0.2, 0.25) is 0 Å². The van der Waals surface area contributed by atoms with E-state index < -0.39 is 12.1 Å². The van der Waals surface area contributed by atoms with Gasteiger partial charge in [0.05, 0.1) is 18.8 Å². The molecule has 1 unspecified atom stereocenters. The molecule has 1 aliphatic carbocycles. The van der Waals surface area contributed by atoms with Crippen LogP contribution in [-0.2, 0) is 11.3 Å². The van der Waals surface area contributed by atoms with Gasteiger partial charge in [0.15, 0.2) is 5.69 Å². The van der Waals surface area contributed by atoms with Crippen LogP contribution in [0.4, 0.5) is 4.79 Å². The van der Waals surface area contributed by atoms with Crippen molar-refractivity contribution in [2.45, 2.75) is 31.4 Å². The van der Waals surface area contributed by atoms with E-state index in [9.17, 15) is 9.59 Å². The quantitative estimate of drug-likeness (QED) is 0.778. The number of ether oxygens (including phenoxy) is 1. The molecule has 0 spiro atoms. The van der Waals surface area contributed by atoms with E-state index in [1.807, 2.05) is 0 Å². The zero-order chi connectivity index (χ0) is 12.7. The van der Waals surface area contributed by atoms with Gasteiger partial charge in [0.1, 0.15) is 6.10 Å². The molecule has 1 saturated heterocycles. The highest BCUT2D eigenvalue weighted by Crippen LogP contribution is 2.41. The number of carbonyl (C=O) groups is 2. The number of aromatic nitrogens is 3. The van der Waals surface area contributed by atoms with Crippen molar-refractivity contribution in [2.75, 3.05) is 6.54 Å². The summed E-state index contributed by atoms with van der Waals surface area (Å²) in [5.74, 6) is -0.846. The number of hydrogen-bond acceptors (Lipinski definition) is 5. The number of carboxylic acid groups (broad SMARTS) is 1. The maximum atomic E-state index is 11.0. The normalized spacial score (nSPS) is 22.7. The molecule has 18 heavy (non-hydrogen) atoms. The fourth-order valence-electron chi connectivity index (χ4n) is 2.10. The maximum absolute atomic E-state index is 11.0. The number of amides is 1. The summed E-state index contributed by atoms with van der Waals surface area (Å²) < 4.78 is 6.55. The highest BCUT2D eigenvalue weighted by molar-refractivity contribution is 5.86. The van der Waals surface area contributed by atoms with Crippen LogP contribution in [0.25, 0.3) is 0 Å². The number of hydrogen-bond donors (Lipinski definition) is 2. The van der Waals surface area contributed by atoms with E-state index in [0.29, 0.717) is 18.8 Å². The third-order valence-electron chi connectivity index (χ3n) is 3.06. The Balaban J connectivity index is 1.83. The summed E-state index contributed by atoms with van der Waals surface area (Å²) in [7, 11) is 0. The molecular weight excluding hydrogens is 240 g/mol. The molecule has 1 atom stereocenters. The fourth-order valence-corrected chi connectivity index (χ4v) is 2.10. The number of nitrogens with one attached hydrogen (secondary N) is 1. The summed E-state index contributed by atoms with van der Waals surface area (Å²) >= 11 is 0. The van der Waals surface area contributed by atoms with Gasteiger partial charge in [-0.05, 0) is 12.8 Å². The molecule has 96 valence electrons. The molecular formula is C10H12N4O4. The molecule has 1 amide bonds. The zero-order valence-corrected chi connectivity index (χ0v) is 9.50. The van der Waals surface area contributed by atoms with Crippen LogP contribution in [0.15, 0.2) is 0 Å². The van der Waals surface area contributed by atoms with Gasteiger partial charge in [-0.25, -0.2) is 14.3 Å². The summed E-state index contributed by atoms with van der Waals surface area (Å²) in [5.41, 5.74) is 0.653. The van der Waals surface area contributed by atoms with Crippen molar-refractivity contribution in [3.63, 3.8) is 0 Å². The van der Waals surface area contributed by atoms with Crippen molar-refractivity contribution >= 4 is 12.1 Å². The molecule has 2 aliphatic rings. The summed E-state index contributed by atoms with van der Waals surface area (Å²) in [5, 5.41) is 19.1. The Bertz CT molecular complexity index is 508. The van der Waals surface area contributed by atoms with E-state index in [1.165, 1.54) is 0 Å². The number of cyclic esters (lactones) is 1. The number of carbonyl (C=O) groups excluding carboxylic acids is 1. The third kappa shape index (κ3) is 1.89. The fraction of sp³-hybridized carbons (Fsp3) is 0.600. The Hall–Kier alpha value is -2.12. The van der Waals surface area contributed by atoms with E-state index in [2.05, 4.69) is 15.6 Å². The van der Waals surface area contributed by atoms with Crippen molar-refractivity contribution in [2.24, 2.45) is 0 Å². The van der Waals surface area contributed by atoms with Gasteiger partial charge in [-0.1, -0.05) is 5.21 Å². The smallest absolute Gasteiger partial charge is 0.407 e. The van der Waals surface area contributed by atoms with E-state index in [0.717, 1.165) is 12.8 Å². The highest BCUT2D eigenvalue weighted by atomic mass is 16.6. The molecule has 0 aromatic carbocycles. The summed E-state index contributed by atoms with van der Waals surface area (Å²) in [6.45, 7) is 0.746. The second-order valence-corrected chi connectivity index (χ2v) is 4.49. The maximum Gasteiger partial charge on any atom is 0.407 e. The molecule has 1 saturated carbocycles. The van der Waals surface area contributed by atoms with Gasteiger partial charge in [0.25, 0.3) is 0 Å². The second kappa shape index (κ2) is 3.97. The molecule has 8 nitrogen and oxygen atoms in total. The Morgan fingerprint density at radius 2 is 2.33 bits per heavy atom. The van der Waals surface area contributed by atoms with Gasteiger partial charge in [0, 0.05) is 5.92 Å². The third-order valence-corrected chi connectivity index (χ3v) is 3.06. The minimum Gasteiger partial charge on any atom is -0.476 e. The highest BCUT2D eigenvalue weighted by Gasteiger charge is 2.35. The lowest BCUT2D eigenvalue weighted by Crippen LogP contribution is -2.22. The van der Waals surface area contributed by atoms with Crippen LogP contribution in [0.1, 0.15) is 34.9 Å². The van der Waals surface area contributed by atoms with Gasteiger partial charge < -0.3 is 15.2 Å². The molecule has 1 aromatic rings. The Labute approximate surface area is 102 Å². The Morgan fingerprint density at radius 3 is 2.89 bits per heavy atom. The average molecular weight is 252 g/mol. The minimum absolute atomic E-state index is 0.00906. The molecule has 3 rings (SSSR count). The summed E-state index contributed by atoms with van der Waals surface area (Å²) in [6.07, 6.45) is 1.14. The van der Waals surface area contributed by atoms with Gasteiger partial charge in [-0.2, -0.15) is 0 Å². The number of carboxylic acids is 1. The van der Waals surface area contributed by atoms with Gasteiger partial charge in [0.2, 0.25) is 0 Å². The Morgan fingerprint density at radius 1 is 1.56 bits per heavy atom. The monoisotopic (exact) mass is 252 g/mol. The van der Waals surface area contributed by atoms with Gasteiger partial charge in [-0.3, -0.25) is 0 Å². The van der Waals surface area contributed by atoms with Gasteiger partial charge in [-0.15, -0.1) is 5.10 Å². The first-order chi connectivity index (χ1) is 8.65. The molecule has 1 aliphatic heterocycles. The topological polar surface area (TPSA) is 106 Å². The Kier molecular flexibility index (Phi) is 2.42. The van der Waals surface area contributed by atoms with E-state index >= 15 is 0 Å².